The molecule has 2 amide bonds. The Bertz CT molecular complexity index is 1120. The van der Waals surface area contributed by atoms with Crippen molar-refractivity contribution in [1.82, 2.24) is 10.2 Å². The molecule has 35 heavy (non-hydrogen) atoms. The van der Waals surface area contributed by atoms with E-state index in [2.05, 4.69) is 5.32 Å². The van der Waals surface area contributed by atoms with Gasteiger partial charge in [-0.1, -0.05) is 62.7 Å². The number of rotatable bonds is 11. The van der Waals surface area contributed by atoms with Crippen molar-refractivity contribution in [2.45, 2.75) is 65.6 Å². The summed E-state index contributed by atoms with van der Waals surface area (Å²) in [5.74, 6) is -0.532. The quantitative estimate of drug-likeness (QED) is 0.469. The van der Waals surface area contributed by atoms with Gasteiger partial charge in [0.05, 0.1) is 11.9 Å². The fourth-order valence-corrected chi connectivity index (χ4v) is 4.54. The van der Waals surface area contributed by atoms with Crippen LogP contribution in [0.1, 0.15) is 58.1 Å². The van der Waals surface area contributed by atoms with Crippen LogP contribution in [-0.2, 0) is 26.2 Å². The summed E-state index contributed by atoms with van der Waals surface area (Å²) in [6, 6.07) is 13.3. The molecule has 0 saturated carbocycles. The van der Waals surface area contributed by atoms with E-state index in [1.807, 2.05) is 39.8 Å². The maximum absolute atomic E-state index is 13.6. The van der Waals surface area contributed by atoms with Gasteiger partial charge in [0.2, 0.25) is 21.8 Å². The Kier molecular flexibility index (Phi) is 10.2. The van der Waals surface area contributed by atoms with Crippen molar-refractivity contribution in [3.05, 3.63) is 64.7 Å². The lowest BCUT2D eigenvalue weighted by atomic mass is 10.0. The van der Waals surface area contributed by atoms with E-state index in [9.17, 15) is 18.0 Å². The Labute approximate surface area is 214 Å². The summed E-state index contributed by atoms with van der Waals surface area (Å²) in [7, 11) is -3.77. The highest BCUT2D eigenvalue weighted by molar-refractivity contribution is 7.92. The Balaban J connectivity index is 2.40. The van der Waals surface area contributed by atoms with Gasteiger partial charge in [-0.25, -0.2) is 8.42 Å². The molecular weight excluding hydrogens is 486 g/mol. The van der Waals surface area contributed by atoms with E-state index in [0.717, 1.165) is 22.5 Å². The predicted molar refractivity (Wildman–Crippen MR) is 142 cm³/mol. The fourth-order valence-electron chi connectivity index (χ4n) is 3.50. The second-order valence-corrected chi connectivity index (χ2v) is 11.4. The molecule has 2 rings (SSSR count). The minimum absolute atomic E-state index is 0.0609. The van der Waals surface area contributed by atoms with Gasteiger partial charge in [-0.05, 0) is 55.5 Å². The van der Waals surface area contributed by atoms with E-state index in [4.69, 9.17) is 11.6 Å². The largest absolute Gasteiger partial charge is 0.352 e. The van der Waals surface area contributed by atoms with Gasteiger partial charge >= 0.3 is 0 Å². The molecule has 0 spiro atoms. The van der Waals surface area contributed by atoms with Gasteiger partial charge in [0.1, 0.15) is 12.6 Å². The topological polar surface area (TPSA) is 86.8 Å². The highest BCUT2D eigenvalue weighted by Gasteiger charge is 2.30. The van der Waals surface area contributed by atoms with Crippen molar-refractivity contribution in [2.75, 3.05) is 17.1 Å². The fraction of sp³-hybridized carbons (Fsp3) is 0.462. The number of anilines is 1. The van der Waals surface area contributed by atoms with E-state index in [1.165, 1.54) is 4.90 Å². The molecule has 2 atom stereocenters. The van der Waals surface area contributed by atoms with E-state index in [0.29, 0.717) is 16.3 Å². The zero-order valence-corrected chi connectivity index (χ0v) is 22.9. The summed E-state index contributed by atoms with van der Waals surface area (Å²) in [6.07, 6.45) is 1.80. The van der Waals surface area contributed by atoms with Crippen molar-refractivity contribution in [3.8, 4) is 0 Å². The molecule has 0 aliphatic heterocycles. The maximum Gasteiger partial charge on any atom is 0.244 e. The van der Waals surface area contributed by atoms with Crippen LogP contribution in [0.2, 0.25) is 5.02 Å². The lowest BCUT2D eigenvalue weighted by Gasteiger charge is -2.32. The molecule has 192 valence electrons. The third kappa shape index (κ3) is 7.97. The van der Waals surface area contributed by atoms with Crippen LogP contribution in [0.15, 0.2) is 48.5 Å². The van der Waals surface area contributed by atoms with Gasteiger partial charge in [0, 0.05) is 17.6 Å². The monoisotopic (exact) mass is 521 g/mol. The zero-order chi connectivity index (χ0) is 26.3. The molecule has 0 saturated heterocycles. The van der Waals surface area contributed by atoms with E-state index < -0.39 is 28.5 Å². The van der Waals surface area contributed by atoms with Crippen molar-refractivity contribution >= 4 is 39.1 Å². The number of nitrogens with one attached hydrogen (secondary N) is 1. The molecule has 1 N–H and O–H groups in total. The molecule has 0 bridgehead atoms. The zero-order valence-electron chi connectivity index (χ0n) is 21.3. The van der Waals surface area contributed by atoms with Gasteiger partial charge < -0.3 is 10.2 Å². The molecule has 0 aromatic heterocycles. The summed E-state index contributed by atoms with van der Waals surface area (Å²) in [5, 5.41) is 3.36. The summed E-state index contributed by atoms with van der Waals surface area (Å²) < 4.78 is 26.4. The Hall–Kier alpha value is -2.58. The van der Waals surface area contributed by atoms with Crippen LogP contribution in [-0.4, -0.2) is 50.0 Å². The van der Waals surface area contributed by atoms with E-state index in [1.54, 1.807) is 43.3 Å². The first kappa shape index (κ1) is 28.7. The summed E-state index contributed by atoms with van der Waals surface area (Å²) in [6.45, 7) is 9.20. The Morgan fingerprint density at radius 2 is 1.60 bits per heavy atom. The van der Waals surface area contributed by atoms with E-state index in [-0.39, 0.29) is 24.4 Å². The summed E-state index contributed by atoms with van der Waals surface area (Å²) >= 11 is 6.33. The van der Waals surface area contributed by atoms with Crippen LogP contribution in [0.3, 0.4) is 0 Å². The first-order valence-electron chi connectivity index (χ1n) is 11.8. The number of nitrogens with zero attached hydrogens (tertiary/aromatic N) is 2. The lowest BCUT2D eigenvalue weighted by Crippen LogP contribution is -2.52. The number of hydrogen-bond donors (Lipinski definition) is 1. The number of amides is 2. The molecule has 2 aromatic carbocycles. The van der Waals surface area contributed by atoms with Crippen molar-refractivity contribution in [3.63, 3.8) is 0 Å². The molecule has 0 fully saturated rings. The third-order valence-corrected chi connectivity index (χ3v) is 7.50. The molecule has 0 aliphatic carbocycles. The van der Waals surface area contributed by atoms with Crippen LogP contribution >= 0.6 is 11.6 Å². The number of halogens is 1. The van der Waals surface area contributed by atoms with Crippen LogP contribution in [0, 0.1) is 0 Å². The Morgan fingerprint density at radius 3 is 2.11 bits per heavy atom. The van der Waals surface area contributed by atoms with Crippen LogP contribution in [0.25, 0.3) is 0 Å². The lowest BCUT2D eigenvalue weighted by molar-refractivity contribution is -0.139. The van der Waals surface area contributed by atoms with E-state index >= 15 is 0 Å². The molecule has 0 radical (unpaired) electrons. The molecule has 7 nitrogen and oxygen atoms in total. The molecule has 0 aliphatic rings. The van der Waals surface area contributed by atoms with Crippen molar-refractivity contribution < 1.29 is 18.0 Å². The first-order valence-corrected chi connectivity index (χ1v) is 14.0. The van der Waals surface area contributed by atoms with Crippen molar-refractivity contribution in [2.24, 2.45) is 0 Å². The SMILES string of the molecule is CC[C@H](C)NC(=O)[C@H](C)N(Cc1ccccc1Cl)C(=O)CN(c1ccc(C(C)C)cc1)S(C)(=O)=O. The summed E-state index contributed by atoms with van der Waals surface area (Å²) in [5.41, 5.74) is 2.11. The van der Waals surface area contributed by atoms with Crippen LogP contribution < -0.4 is 9.62 Å². The van der Waals surface area contributed by atoms with Crippen LogP contribution in [0.4, 0.5) is 5.69 Å². The first-order chi connectivity index (χ1) is 16.3. The average Bonchev–Trinajstić information content (AvgIpc) is 2.80. The highest BCUT2D eigenvalue weighted by atomic mass is 35.5. The number of benzene rings is 2. The molecule has 2 aromatic rings. The van der Waals surface area contributed by atoms with Gasteiger partial charge in [-0.2, -0.15) is 0 Å². The van der Waals surface area contributed by atoms with Crippen LogP contribution in [0.5, 0.6) is 0 Å². The maximum atomic E-state index is 13.6. The standard InChI is InChI=1S/C26H36ClN3O4S/c1-7-19(4)28-26(32)20(5)29(16-22-10-8-9-11-24(22)27)25(31)17-30(35(6,33)34)23-14-12-21(13-15-23)18(2)3/h8-15,18-20H,7,16-17H2,1-6H3,(H,28,32)/t19-,20-/m0/s1. The number of hydrogen-bond acceptors (Lipinski definition) is 4. The second kappa shape index (κ2) is 12.4. The highest BCUT2D eigenvalue weighted by Crippen LogP contribution is 2.23. The summed E-state index contributed by atoms with van der Waals surface area (Å²) in [4.78, 5) is 27.9. The Morgan fingerprint density at radius 1 is 1.00 bits per heavy atom. The molecule has 9 heteroatoms. The molecular formula is C26H36ClN3O4S. The van der Waals surface area contributed by atoms with Crippen molar-refractivity contribution in [1.29, 1.82) is 0 Å². The predicted octanol–water partition coefficient (Wildman–Crippen LogP) is 4.56. The number of carbonyl (C=O) groups excluding carboxylic acids is 2. The third-order valence-electron chi connectivity index (χ3n) is 5.99. The minimum atomic E-state index is -3.77. The molecule has 0 heterocycles. The van der Waals surface area contributed by atoms with Gasteiger partial charge in [0.25, 0.3) is 0 Å². The normalized spacial score (nSPS) is 13.3. The number of carbonyl (C=O) groups is 2. The minimum Gasteiger partial charge on any atom is -0.352 e. The smallest absolute Gasteiger partial charge is 0.244 e. The van der Waals surface area contributed by atoms with Gasteiger partial charge in [0.15, 0.2) is 0 Å². The van der Waals surface area contributed by atoms with Gasteiger partial charge in [-0.15, -0.1) is 0 Å². The second-order valence-electron chi connectivity index (χ2n) is 9.12. The van der Waals surface area contributed by atoms with Gasteiger partial charge in [-0.3, -0.25) is 13.9 Å². The average molecular weight is 522 g/mol. The number of sulfonamides is 1. The molecule has 0 unspecified atom stereocenters.